The topological polar surface area (TPSA) is 17.1 Å². The van der Waals surface area contributed by atoms with Crippen LogP contribution in [0, 0.1) is 18.3 Å². The van der Waals surface area contributed by atoms with Gasteiger partial charge in [-0.1, -0.05) is 26.2 Å². The van der Waals surface area contributed by atoms with Crippen LogP contribution in [0.25, 0.3) is 0 Å². The van der Waals surface area contributed by atoms with E-state index in [0.29, 0.717) is 5.92 Å². The van der Waals surface area contributed by atoms with Crippen LogP contribution in [0.2, 0.25) is 0 Å². The normalized spacial score (nSPS) is 15.4. The fourth-order valence-corrected chi connectivity index (χ4v) is 2.45. The van der Waals surface area contributed by atoms with Crippen molar-refractivity contribution < 1.29 is 55.8 Å². The van der Waals surface area contributed by atoms with Crippen molar-refractivity contribution in [3.05, 3.63) is 6.92 Å². The van der Waals surface area contributed by atoms with Crippen LogP contribution in [0.3, 0.4) is 0 Å². The second kappa shape index (κ2) is 8.25. The van der Waals surface area contributed by atoms with Gasteiger partial charge in [-0.25, -0.2) is 0 Å². The van der Waals surface area contributed by atoms with Crippen LogP contribution in [0.5, 0.6) is 0 Å². The van der Waals surface area contributed by atoms with Gasteiger partial charge in [0.2, 0.25) is 0 Å². The van der Waals surface area contributed by atoms with Crippen molar-refractivity contribution >= 4 is 7.80 Å². The van der Waals surface area contributed by atoms with Gasteiger partial charge in [0.05, 0.1) is 7.80 Å². The molecule has 0 aromatic rings. The number of hydrogen-bond donors (Lipinski definition) is 0. The molecule has 0 aromatic heterocycles. The molecule has 0 N–H and O–H groups in total. The first-order valence-electron chi connectivity index (χ1n) is 3.69. The molecule has 0 spiro atoms. The molecule has 0 saturated carbocycles. The van der Waals surface area contributed by atoms with Crippen LogP contribution < -0.4 is 0 Å². The molecule has 2 radical (unpaired) electrons. The molecular weight excluding hydrogens is 283 g/mol. The summed E-state index contributed by atoms with van der Waals surface area (Å²) in [6, 6.07) is 0. The van der Waals surface area contributed by atoms with E-state index in [1.165, 1.54) is 0 Å². The maximum absolute atomic E-state index is 10.9. The summed E-state index contributed by atoms with van der Waals surface area (Å²) >= 11 is 0. The van der Waals surface area contributed by atoms with Crippen molar-refractivity contribution in [3.8, 4) is 0 Å². The summed E-state index contributed by atoms with van der Waals surface area (Å²) in [4.78, 5) is 0. The first-order valence-corrected chi connectivity index (χ1v) is 5.80. The van der Waals surface area contributed by atoms with E-state index < -0.39 is 7.80 Å². The minimum Gasteiger partial charge on any atom is -0.340 e. The van der Waals surface area contributed by atoms with Crippen molar-refractivity contribution in [1.29, 1.82) is 0 Å². The SMILES string of the molecule is [CH2-]C(C)C(C)(C)C[PH](C)=O.[V].[Y]. The Morgan fingerprint density at radius 1 is 1.50 bits per heavy atom. The summed E-state index contributed by atoms with van der Waals surface area (Å²) in [5, 5.41) is 0. The van der Waals surface area contributed by atoms with Crippen molar-refractivity contribution in [2.45, 2.75) is 20.8 Å². The van der Waals surface area contributed by atoms with Gasteiger partial charge >= 0.3 is 0 Å². The third-order valence-electron chi connectivity index (χ3n) is 2.04. The molecule has 0 saturated heterocycles. The summed E-state index contributed by atoms with van der Waals surface area (Å²) in [5.74, 6) is 0.376. The molecule has 0 fully saturated rings. The predicted molar refractivity (Wildman–Crippen MR) is 48.1 cm³/mol. The molecule has 1 nitrogen and oxygen atoms in total. The fraction of sp³-hybridized carbons (Fsp3) is 0.875. The summed E-state index contributed by atoms with van der Waals surface area (Å²) in [6.45, 7) is 12.1. The molecule has 0 aliphatic carbocycles. The van der Waals surface area contributed by atoms with Gasteiger partial charge in [-0.05, 0) is 6.66 Å². The minimum absolute atomic E-state index is 0. The number of hydrogen-bond acceptors (Lipinski definition) is 1. The fourth-order valence-electron chi connectivity index (χ4n) is 0.816. The van der Waals surface area contributed by atoms with E-state index in [4.69, 9.17) is 0 Å². The molecule has 12 heavy (non-hydrogen) atoms. The van der Waals surface area contributed by atoms with Crippen LogP contribution >= 0.6 is 7.80 Å². The minimum atomic E-state index is -1.33. The van der Waals surface area contributed by atoms with Crippen LogP contribution in [0.1, 0.15) is 20.8 Å². The first-order chi connectivity index (χ1) is 4.36. The predicted octanol–water partition coefficient (Wildman–Crippen LogP) is 2.67. The molecular formula is C8H18OPVY-. The standard InChI is InChI=1S/C8H18OP.V.Y/c1-7(2)8(3,4)6-10(5)9;;/h7,10H,1,6H2,2-5H3;;/q-1;;. The molecule has 0 amide bonds. The maximum atomic E-state index is 10.9. The molecule has 4 heteroatoms. The van der Waals surface area contributed by atoms with Gasteiger partial charge in [0, 0.05) is 57.4 Å². The van der Waals surface area contributed by atoms with E-state index in [1.54, 1.807) is 0 Å². The first kappa shape index (κ1) is 19.5. The van der Waals surface area contributed by atoms with Gasteiger partial charge in [0.1, 0.15) is 0 Å². The van der Waals surface area contributed by atoms with Gasteiger partial charge < -0.3 is 11.5 Å². The van der Waals surface area contributed by atoms with E-state index >= 15 is 0 Å². The van der Waals surface area contributed by atoms with Gasteiger partial charge in [-0.2, -0.15) is 5.92 Å². The maximum Gasteiger partial charge on any atom is 0.0737 e. The molecule has 2 unspecified atom stereocenters. The van der Waals surface area contributed by atoms with Crippen LogP contribution in [0.15, 0.2) is 0 Å². The van der Waals surface area contributed by atoms with Crippen LogP contribution in [-0.4, -0.2) is 12.8 Å². The third kappa shape index (κ3) is 8.51. The Morgan fingerprint density at radius 2 is 1.83 bits per heavy atom. The van der Waals surface area contributed by atoms with Crippen molar-refractivity contribution in [2.24, 2.45) is 11.3 Å². The monoisotopic (exact) mass is 301 g/mol. The van der Waals surface area contributed by atoms with E-state index in [2.05, 4.69) is 27.7 Å². The van der Waals surface area contributed by atoms with Crippen LogP contribution in [0.4, 0.5) is 0 Å². The van der Waals surface area contributed by atoms with Crippen LogP contribution in [-0.2, 0) is 55.8 Å². The Labute approximate surface area is 114 Å². The second-order valence-electron chi connectivity index (χ2n) is 3.77. The third-order valence-corrected chi connectivity index (χ3v) is 3.45. The van der Waals surface area contributed by atoms with Crippen molar-refractivity contribution in [2.75, 3.05) is 12.8 Å². The zero-order chi connectivity index (χ0) is 8.36. The number of rotatable bonds is 3. The molecule has 70 valence electrons. The average molecular weight is 301 g/mol. The molecule has 0 heterocycles. The molecule has 0 aliphatic heterocycles. The Hall–Kier alpha value is 1.92. The van der Waals surface area contributed by atoms with E-state index in [9.17, 15) is 4.57 Å². The Morgan fingerprint density at radius 3 is 1.92 bits per heavy atom. The van der Waals surface area contributed by atoms with Gasteiger partial charge in [0.25, 0.3) is 0 Å². The second-order valence-corrected chi connectivity index (χ2v) is 5.53. The molecule has 0 aliphatic rings. The Kier molecular flexibility index (Phi) is 13.4. The van der Waals surface area contributed by atoms with Crippen molar-refractivity contribution in [1.82, 2.24) is 0 Å². The largest absolute Gasteiger partial charge is 0.340 e. The van der Waals surface area contributed by atoms with Gasteiger partial charge in [0.15, 0.2) is 0 Å². The summed E-state index contributed by atoms with van der Waals surface area (Å²) in [5.41, 5.74) is 0.144. The quantitative estimate of drug-likeness (QED) is 0.578. The molecule has 0 rings (SSSR count). The zero-order valence-corrected chi connectivity index (χ0v) is 13.7. The Balaban J connectivity index is -0.000000405. The van der Waals surface area contributed by atoms with Crippen molar-refractivity contribution in [3.63, 3.8) is 0 Å². The zero-order valence-electron chi connectivity index (χ0n) is 8.42. The average Bonchev–Trinajstić information content (AvgIpc) is 1.60. The molecule has 0 aromatic carbocycles. The Bertz CT molecular complexity index is 137. The summed E-state index contributed by atoms with van der Waals surface area (Å²) in [7, 11) is -1.33. The molecule has 2 atom stereocenters. The van der Waals surface area contributed by atoms with Gasteiger partial charge in [-0.3, -0.25) is 0 Å². The molecule has 0 bridgehead atoms. The van der Waals surface area contributed by atoms with E-state index in [-0.39, 0.29) is 56.7 Å². The van der Waals surface area contributed by atoms with Gasteiger partial charge in [-0.15, -0.1) is 0 Å². The van der Waals surface area contributed by atoms with E-state index in [1.807, 2.05) is 6.66 Å². The smallest absolute Gasteiger partial charge is 0.0737 e. The van der Waals surface area contributed by atoms with E-state index in [0.717, 1.165) is 6.16 Å². The summed E-state index contributed by atoms with van der Waals surface area (Å²) < 4.78 is 10.9. The summed E-state index contributed by atoms with van der Waals surface area (Å²) in [6.07, 6.45) is 0.822.